The first-order valence-corrected chi connectivity index (χ1v) is 8.02. The van der Waals surface area contributed by atoms with E-state index in [-0.39, 0.29) is 0 Å². The molecule has 1 saturated heterocycles. The quantitative estimate of drug-likeness (QED) is 0.808. The van der Waals surface area contributed by atoms with Gasteiger partial charge in [-0.3, -0.25) is 0 Å². The van der Waals surface area contributed by atoms with E-state index < -0.39 is 0 Å². The third-order valence-corrected chi connectivity index (χ3v) is 5.02. The van der Waals surface area contributed by atoms with Crippen LogP contribution >= 0.6 is 0 Å². The summed E-state index contributed by atoms with van der Waals surface area (Å²) in [6.07, 6.45) is 8.54. The standard InChI is InChI=1S/C16H32N2/c1-12(2)9-13(3)18(4)11-15-10-14-7-5-6-8-16(14)17-15/h12-17H,5-11H2,1-4H3. The topological polar surface area (TPSA) is 15.3 Å². The van der Waals surface area contributed by atoms with Crippen molar-refractivity contribution in [3.63, 3.8) is 0 Å². The SMILES string of the molecule is CC(C)CC(C)N(C)CC1CC2CCCCC2N1. The predicted octanol–water partition coefficient (Wildman–Crippen LogP) is 3.27. The molecule has 106 valence electrons. The van der Waals surface area contributed by atoms with Crippen molar-refractivity contribution in [2.45, 2.75) is 77.4 Å². The second kappa shape index (κ2) is 6.38. The Kier molecular flexibility index (Phi) is 5.08. The van der Waals surface area contributed by atoms with Crippen LogP contribution in [0.4, 0.5) is 0 Å². The maximum Gasteiger partial charge on any atom is 0.0200 e. The number of hydrogen-bond acceptors (Lipinski definition) is 2. The summed E-state index contributed by atoms with van der Waals surface area (Å²) >= 11 is 0. The zero-order valence-corrected chi connectivity index (χ0v) is 12.8. The van der Waals surface area contributed by atoms with E-state index in [0.717, 1.165) is 30.0 Å². The summed E-state index contributed by atoms with van der Waals surface area (Å²) in [5.41, 5.74) is 0. The largest absolute Gasteiger partial charge is 0.310 e. The first-order valence-electron chi connectivity index (χ1n) is 8.02. The van der Waals surface area contributed by atoms with Gasteiger partial charge in [-0.05, 0) is 51.5 Å². The summed E-state index contributed by atoms with van der Waals surface area (Å²) < 4.78 is 0. The van der Waals surface area contributed by atoms with Crippen LogP contribution in [0, 0.1) is 11.8 Å². The van der Waals surface area contributed by atoms with Crippen LogP contribution in [-0.4, -0.2) is 36.6 Å². The van der Waals surface area contributed by atoms with Crippen LogP contribution in [0.5, 0.6) is 0 Å². The molecule has 0 radical (unpaired) electrons. The van der Waals surface area contributed by atoms with Gasteiger partial charge in [0.2, 0.25) is 0 Å². The molecule has 2 nitrogen and oxygen atoms in total. The number of fused-ring (bicyclic) bond motifs is 1. The lowest BCUT2D eigenvalue weighted by Crippen LogP contribution is -2.42. The molecule has 1 heterocycles. The second-order valence-corrected chi connectivity index (χ2v) is 7.17. The molecule has 2 heteroatoms. The van der Waals surface area contributed by atoms with Gasteiger partial charge in [0.05, 0.1) is 0 Å². The van der Waals surface area contributed by atoms with Crippen LogP contribution in [0.1, 0.15) is 59.3 Å². The molecular formula is C16H32N2. The molecule has 0 aromatic heterocycles. The van der Waals surface area contributed by atoms with Crippen LogP contribution < -0.4 is 5.32 Å². The lowest BCUT2D eigenvalue weighted by Gasteiger charge is -2.29. The van der Waals surface area contributed by atoms with E-state index >= 15 is 0 Å². The molecule has 0 aromatic carbocycles. The molecular weight excluding hydrogens is 220 g/mol. The molecule has 1 aliphatic carbocycles. The minimum absolute atomic E-state index is 0.717. The van der Waals surface area contributed by atoms with Crippen molar-refractivity contribution in [2.75, 3.05) is 13.6 Å². The fourth-order valence-electron chi connectivity index (χ4n) is 3.96. The van der Waals surface area contributed by atoms with Crippen LogP contribution in [0.2, 0.25) is 0 Å². The van der Waals surface area contributed by atoms with Gasteiger partial charge in [0, 0.05) is 24.7 Å². The molecule has 0 aromatic rings. The Hall–Kier alpha value is -0.0800. The molecule has 1 aliphatic heterocycles. The van der Waals surface area contributed by atoms with Crippen molar-refractivity contribution in [3.05, 3.63) is 0 Å². The van der Waals surface area contributed by atoms with Gasteiger partial charge in [-0.15, -0.1) is 0 Å². The number of rotatable bonds is 5. The fraction of sp³-hybridized carbons (Fsp3) is 1.00. The molecule has 18 heavy (non-hydrogen) atoms. The van der Waals surface area contributed by atoms with Crippen molar-refractivity contribution in [2.24, 2.45) is 11.8 Å². The van der Waals surface area contributed by atoms with Crippen LogP contribution in [-0.2, 0) is 0 Å². The Morgan fingerprint density at radius 2 is 1.89 bits per heavy atom. The van der Waals surface area contributed by atoms with Crippen molar-refractivity contribution < 1.29 is 0 Å². The third kappa shape index (κ3) is 3.71. The van der Waals surface area contributed by atoms with Gasteiger partial charge in [-0.25, -0.2) is 0 Å². The number of likely N-dealkylation sites (N-methyl/N-ethyl adjacent to an activating group) is 1. The van der Waals surface area contributed by atoms with E-state index in [1.165, 1.54) is 45.1 Å². The van der Waals surface area contributed by atoms with Gasteiger partial charge >= 0.3 is 0 Å². The van der Waals surface area contributed by atoms with E-state index in [9.17, 15) is 0 Å². The van der Waals surface area contributed by atoms with Crippen molar-refractivity contribution in [1.29, 1.82) is 0 Å². The van der Waals surface area contributed by atoms with Gasteiger partial charge in [0.1, 0.15) is 0 Å². The summed E-state index contributed by atoms with van der Waals surface area (Å²) in [5, 5.41) is 3.89. The minimum Gasteiger partial charge on any atom is -0.310 e. The Morgan fingerprint density at radius 1 is 1.17 bits per heavy atom. The molecule has 2 rings (SSSR count). The highest BCUT2D eigenvalue weighted by Gasteiger charge is 2.35. The predicted molar refractivity (Wildman–Crippen MR) is 78.8 cm³/mol. The molecule has 0 spiro atoms. The van der Waals surface area contributed by atoms with E-state index in [1.54, 1.807) is 0 Å². The summed E-state index contributed by atoms with van der Waals surface area (Å²) in [6, 6.07) is 2.31. The maximum absolute atomic E-state index is 3.89. The number of nitrogens with one attached hydrogen (secondary N) is 1. The van der Waals surface area contributed by atoms with Gasteiger partial charge in [0.15, 0.2) is 0 Å². The number of nitrogens with zero attached hydrogens (tertiary/aromatic N) is 1. The van der Waals surface area contributed by atoms with Crippen molar-refractivity contribution in [3.8, 4) is 0 Å². The van der Waals surface area contributed by atoms with E-state index in [1.807, 2.05) is 0 Å². The normalized spacial score (nSPS) is 34.0. The molecule has 4 atom stereocenters. The van der Waals surface area contributed by atoms with E-state index in [4.69, 9.17) is 0 Å². The summed E-state index contributed by atoms with van der Waals surface area (Å²) in [7, 11) is 2.30. The van der Waals surface area contributed by atoms with Crippen molar-refractivity contribution >= 4 is 0 Å². The Labute approximate surface area is 114 Å². The van der Waals surface area contributed by atoms with Crippen LogP contribution in [0.15, 0.2) is 0 Å². The second-order valence-electron chi connectivity index (χ2n) is 7.17. The molecule has 4 unspecified atom stereocenters. The summed E-state index contributed by atoms with van der Waals surface area (Å²) in [5.74, 6) is 1.79. The van der Waals surface area contributed by atoms with E-state index in [0.29, 0.717) is 0 Å². The molecule has 1 saturated carbocycles. The molecule has 0 bridgehead atoms. The molecule has 2 aliphatic rings. The summed E-state index contributed by atoms with van der Waals surface area (Å²) in [4.78, 5) is 2.56. The van der Waals surface area contributed by atoms with Crippen molar-refractivity contribution in [1.82, 2.24) is 10.2 Å². The van der Waals surface area contributed by atoms with Gasteiger partial charge < -0.3 is 10.2 Å². The zero-order valence-electron chi connectivity index (χ0n) is 12.8. The molecule has 2 fully saturated rings. The lowest BCUT2D eigenvalue weighted by atomic mass is 9.85. The molecule has 1 N–H and O–H groups in total. The minimum atomic E-state index is 0.717. The lowest BCUT2D eigenvalue weighted by molar-refractivity contribution is 0.208. The Morgan fingerprint density at radius 3 is 2.56 bits per heavy atom. The smallest absolute Gasteiger partial charge is 0.0200 e. The summed E-state index contributed by atoms with van der Waals surface area (Å²) in [6.45, 7) is 8.27. The van der Waals surface area contributed by atoms with E-state index in [2.05, 4.69) is 38.0 Å². The number of hydrogen-bond donors (Lipinski definition) is 1. The van der Waals surface area contributed by atoms with Crippen LogP contribution in [0.3, 0.4) is 0 Å². The first kappa shape index (κ1) is 14.3. The van der Waals surface area contributed by atoms with Gasteiger partial charge in [0.25, 0.3) is 0 Å². The highest BCUT2D eigenvalue weighted by atomic mass is 15.2. The monoisotopic (exact) mass is 252 g/mol. The Bertz CT molecular complexity index is 237. The fourth-order valence-corrected chi connectivity index (χ4v) is 3.96. The van der Waals surface area contributed by atoms with Gasteiger partial charge in [-0.1, -0.05) is 26.7 Å². The highest BCUT2D eigenvalue weighted by molar-refractivity contribution is 4.94. The third-order valence-electron chi connectivity index (χ3n) is 5.02. The highest BCUT2D eigenvalue weighted by Crippen LogP contribution is 2.33. The zero-order chi connectivity index (χ0) is 13.1. The van der Waals surface area contributed by atoms with Gasteiger partial charge in [-0.2, -0.15) is 0 Å². The average molecular weight is 252 g/mol. The van der Waals surface area contributed by atoms with Crippen LogP contribution in [0.25, 0.3) is 0 Å². The Balaban J connectivity index is 1.76. The average Bonchev–Trinajstić information content (AvgIpc) is 2.69. The first-order chi connectivity index (χ1) is 8.56. The maximum atomic E-state index is 3.89. The molecule has 0 amide bonds.